The van der Waals surface area contributed by atoms with Gasteiger partial charge in [-0.2, -0.15) is 0 Å². The SMILES string of the molecule is CC(=O)N1CCN(C(C)=O)C(C)(C)C1. The second-order valence-electron chi connectivity index (χ2n) is 4.42. The number of carbonyl (C=O) groups is 2. The first-order chi connectivity index (χ1) is 6.34. The van der Waals surface area contributed by atoms with Gasteiger partial charge in [-0.25, -0.2) is 0 Å². The molecule has 0 N–H and O–H groups in total. The topological polar surface area (TPSA) is 40.6 Å². The highest BCUT2D eigenvalue weighted by atomic mass is 16.2. The Kier molecular flexibility index (Phi) is 2.83. The van der Waals surface area contributed by atoms with E-state index in [-0.39, 0.29) is 17.4 Å². The average molecular weight is 198 g/mol. The van der Waals surface area contributed by atoms with E-state index in [1.54, 1.807) is 18.7 Å². The highest BCUT2D eigenvalue weighted by Gasteiger charge is 2.35. The van der Waals surface area contributed by atoms with E-state index in [9.17, 15) is 9.59 Å². The smallest absolute Gasteiger partial charge is 0.220 e. The van der Waals surface area contributed by atoms with Crippen molar-refractivity contribution in [3.8, 4) is 0 Å². The van der Waals surface area contributed by atoms with Crippen LogP contribution in [0.5, 0.6) is 0 Å². The average Bonchev–Trinajstić information content (AvgIpc) is 2.01. The highest BCUT2D eigenvalue weighted by molar-refractivity contribution is 5.76. The second-order valence-corrected chi connectivity index (χ2v) is 4.42. The Bertz CT molecular complexity index is 261. The fraction of sp³-hybridized carbons (Fsp3) is 0.800. The molecule has 0 aromatic carbocycles. The zero-order chi connectivity index (χ0) is 10.9. The molecule has 0 saturated carbocycles. The Balaban J connectivity index is 2.75. The summed E-state index contributed by atoms with van der Waals surface area (Å²) in [7, 11) is 0. The molecule has 0 radical (unpaired) electrons. The molecular weight excluding hydrogens is 180 g/mol. The van der Waals surface area contributed by atoms with Gasteiger partial charge in [0.1, 0.15) is 0 Å². The third-order valence-corrected chi connectivity index (χ3v) is 2.73. The summed E-state index contributed by atoms with van der Waals surface area (Å²) in [6.45, 7) is 9.04. The third kappa shape index (κ3) is 2.05. The maximum atomic E-state index is 11.3. The van der Waals surface area contributed by atoms with Crippen LogP contribution in [0.3, 0.4) is 0 Å². The lowest BCUT2D eigenvalue weighted by molar-refractivity contribution is -0.145. The van der Waals surface area contributed by atoms with Crippen molar-refractivity contribution in [1.29, 1.82) is 0 Å². The van der Waals surface area contributed by atoms with Crippen molar-refractivity contribution in [3.63, 3.8) is 0 Å². The fourth-order valence-corrected chi connectivity index (χ4v) is 2.01. The first-order valence-electron chi connectivity index (χ1n) is 4.88. The molecule has 4 heteroatoms. The van der Waals surface area contributed by atoms with Gasteiger partial charge in [0.15, 0.2) is 0 Å². The van der Waals surface area contributed by atoms with Crippen LogP contribution in [0.4, 0.5) is 0 Å². The van der Waals surface area contributed by atoms with Crippen molar-refractivity contribution in [2.75, 3.05) is 19.6 Å². The van der Waals surface area contributed by atoms with E-state index in [2.05, 4.69) is 0 Å². The maximum Gasteiger partial charge on any atom is 0.220 e. The van der Waals surface area contributed by atoms with E-state index in [4.69, 9.17) is 0 Å². The molecule has 1 saturated heterocycles. The van der Waals surface area contributed by atoms with Crippen molar-refractivity contribution in [1.82, 2.24) is 9.80 Å². The van der Waals surface area contributed by atoms with Gasteiger partial charge < -0.3 is 9.80 Å². The number of amides is 2. The van der Waals surface area contributed by atoms with Crippen LogP contribution in [0.25, 0.3) is 0 Å². The molecule has 1 fully saturated rings. The van der Waals surface area contributed by atoms with Gasteiger partial charge in [0, 0.05) is 33.5 Å². The van der Waals surface area contributed by atoms with Crippen molar-refractivity contribution in [2.45, 2.75) is 33.2 Å². The number of hydrogen-bond acceptors (Lipinski definition) is 2. The molecule has 0 aromatic rings. The Morgan fingerprint density at radius 1 is 1.07 bits per heavy atom. The van der Waals surface area contributed by atoms with E-state index in [0.717, 1.165) is 0 Å². The normalized spacial score (nSPS) is 20.9. The molecule has 0 unspecified atom stereocenters. The van der Waals surface area contributed by atoms with Crippen molar-refractivity contribution < 1.29 is 9.59 Å². The van der Waals surface area contributed by atoms with Crippen LogP contribution in [0.2, 0.25) is 0 Å². The van der Waals surface area contributed by atoms with Gasteiger partial charge in [0.2, 0.25) is 11.8 Å². The lowest BCUT2D eigenvalue weighted by Crippen LogP contribution is -2.61. The Hall–Kier alpha value is -1.06. The molecule has 1 rings (SSSR count). The molecule has 0 atom stereocenters. The number of piperazine rings is 1. The lowest BCUT2D eigenvalue weighted by Gasteiger charge is -2.46. The second kappa shape index (κ2) is 3.59. The lowest BCUT2D eigenvalue weighted by atomic mass is 9.99. The van der Waals surface area contributed by atoms with E-state index < -0.39 is 0 Å². The number of rotatable bonds is 0. The van der Waals surface area contributed by atoms with Crippen LogP contribution in [0, 0.1) is 0 Å². The van der Waals surface area contributed by atoms with Crippen LogP contribution >= 0.6 is 0 Å². The van der Waals surface area contributed by atoms with Crippen LogP contribution < -0.4 is 0 Å². The number of hydrogen-bond donors (Lipinski definition) is 0. The van der Waals surface area contributed by atoms with Crippen LogP contribution in [-0.2, 0) is 9.59 Å². The minimum atomic E-state index is -0.240. The highest BCUT2D eigenvalue weighted by Crippen LogP contribution is 2.20. The van der Waals surface area contributed by atoms with Crippen molar-refractivity contribution >= 4 is 11.8 Å². The van der Waals surface area contributed by atoms with E-state index in [0.29, 0.717) is 19.6 Å². The third-order valence-electron chi connectivity index (χ3n) is 2.73. The number of nitrogens with zero attached hydrogens (tertiary/aromatic N) is 2. The minimum Gasteiger partial charge on any atom is -0.339 e. The summed E-state index contributed by atoms with van der Waals surface area (Å²) < 4.78 is 0. The Labute approximate surface area is 84.9 Å². The molecule has 2 amide bonds. The van der Waals surface area contributed by atoms with Crippen molar-refractivity contribution in [2.24, 2.45) is 0 Å². The van der Waals surface area contributed by atoms with Gasteiger partial charge in [0.05, 0.1) is 5.54 Å². The summed E-state index contributed by atoms with van der Waals surface area (Å²) in [4.78, 5) is 26.1. The monoisotopic (exact) mass is 198 g/mol. The maximum absolute atomic E-state index is 11.3. The van der Waals surface area contributed by atoms with Crippen LogP contribution in [0.1, 0.15) is 27.7 Å². The summed E-state index contributed by atoms with van der Waals surface area (Å²) >= 11 is 0. The van der Waals surface area contributed by atoms with Gasteiger partial charge in [-0.15, -0.1) is 0 Å². The summed E-state index contributed by atoms with van der Waals surface area (Å²) in [5, 5.41) is 0. The predicted octanol–water partition coefficient (Wildman–Crippen LogP) is 0.476. The Morgan fingerprint density at radius 2 is 1.64 bits per heavy atom. The predicted molar refractivity (Wildman–Crippen MR) is 53.7 cm³/mol. The molecule has 14 heavy (non-hydrogen) atoms. The van der Waals surface area contributed by atoms with Gasteiger partial charge in [-0.3, -0.25) is 9.59 Å². The fourth-order valence-electron chi connectivity index (χ4n) is 2.01. The molecule has 0 aliphatic carbocycles. The molecule has 1 aliphatic rings. The van der Waals surface area contributed by atoms with Gasteiger partial charge in [0.25, 0.3) is 0 Å². The zero-order valence-electron chi connectivity index (χ0n) is 9.33. The minimum absolute atomic E-state index is 0.0817. The van der Waals surface area contributed by atoms with Gasteiger partial charge in [-0.1, -0.05) is 0 Å². The Morgan fingerprint density at radius 3 is 2.00 bits per heavy atom. The molecule has 0 spiro atoms. The molecular formula is C10H18N2O2. The molecule has 0 bridgehead atoms. The molecule has 1 aliphatic heterocycles. The zero-order valence-corrected chi connectivity index (χ0v) is 9.33. The largest absolute Gasteiger partial charge is 0.339 e. The van der Waals surface area contributed by atoms with E-state index in [1.165, 1.54) is 0 Å². The van der Waals surface area contributed by atoms with Gasteiger partial charge in [-0.05, 0) is 13.8 Å². The van der Waals surface area contributed by atoms with E-state index in [1.807, 2.05) is 18.7 Å². The van der Waals surface area contributed by atoms with Crippen LogP contribution in [0.15, 0.2) is 0 Å². The summed E-state index contributed by atoms with van der Waals surface area (Å²) in [5.74, 6) is 0.166. The number of carbonyl (C=O) groups excluding carboxylic acids is 2. The molecule has 4 nitrogen and oxygen atoms in total. The summed E-state index contributed by atoms with van der Waals surface area (Å²) in [5.41, 5.74) is -0.240. The first-order valence-corrected chi connectivity index (χ1v) is 4.88. The summed E-state index contributed by atoms with van der Waals surface area (Å²) in [6.07, 6.45) is 0. The molecule has 0 aromatic heterocycles. The van der Waals surface area contributed by atoms with E-state index >= 15 is 0 Å². The van der Waals surface area contributed by atoms with Gasteiger partial charge >= 0.3 is 0 Å². The molecule has 80 valence electrons. The standard InChI is InChI=1S/C10H18N2O2/c1-8(13)11-5-6-12(9(2)14)10(3,4)7-11/h5-7H2,1-4H3. The quantitative estimate of drug-likeness (QED) is 0.568. The summed E-state index contributed by atoms with van der Waals surface area (Å²) in [6, 6.07) is 0. The van der Waals surface area contributed by atoms with Crippen molar-refractivity contribution in [3.05, 3.63) is 0 Å². The van der Waals surface area contributed by atoms with Crippen LogP contribution in [-0.4, -0.2) is 46.8 Å². The molecule has 1 heterocycles. The first kappa shape index (κ1) is 11.0.